The molecule has 1 aliphatic rings. The Labute approximate surface area is 116 Å². The second-order valence-corrected chi connectivity index (χ2v) is 6.07. The number of nitrogens with zero attached hydrogens (tertiary/aromatic N) is 2. The van der Waals surface area contributed by atoms with Crippen LogP contribution in [0.3, 0.4) is 0 Å². The van der Waals surface area contributed by atoms with Gasteiger partial charge in [-0.2, -0.15) is 0 Å². The van der Waals surface area contributed by atoms with Crippen molar-refractivity contribution in [1.82, 2.24) is 14.9 Å². The second kappa shape index (κ2) is 4.67. The number of aryl methyl sites for hydroxylation is 2. The first-order valence-corrected chi connectivity index (χ1v) is 7.29. The number of nitrogens with one attached hydrogen (secondary N) is 1. The molecule has 3 rings (SSSR count). The number of hydrogen-bond donors (Lipinski definition) is 1. The average molecular weight is 308 g/mol. The molecule has 96 valence electrons. The Bertz CT molecular complexity index is 584. The van der Waals surface area contributed by atoms with Crippen molar-refractivity contribution in [2.75, 3.05) is 6.54 Å². The number of imidazole rings is 1. The summed E-state index contributed by atoms with van der Waals surface area (Å²) in [4.78, 5) is 4.74. The Morgan fingerprint density at radius 3 is 2.94 bits per heavy atom. The SMILES string of the molecule is Cc1cc(Br)cc2nc(CCNC3CC3)n(C)c12. The van der Waals surface area contributed by atoms with Gasteiger partial charge in [0.2, 0.25) is 0 Å². The molecule has 2 aromatic rings. The molecule has 0 radical (unpaired) electrons. The Kier molecular flexibility index (Phi) is 3.16. The lowest BCUT2D eigenvalue weighted by atomic mass is 10.2. The molecule has 1 fully saturated rings. The van der Waals surface area contributed by atoms with E-state index in [0.717, 1.165) is 29.0 Å². The number of fused-ring (bicyclic) bond motifs is 1. The van der Waals surface area contributed by atoms with Crippen molar-refractivity contribution in [2.24, 2.45) is 7.05 Å². The van der Waals surface area contributed by atoms with Crippen LogP contribution in [0.2, 0.25) is 0 Å². The molecule has 0 atom stereocenters. The van der Waals surface area contributed by atoms with Crippen molar-refractivity contribution in [2.45, 2.75) is 32.2 Å². The first kappa shape index (κ1) is 12.2. The Balaban J connectivity index is 1.87. The maximum Gasteiger partial charge on any atom is 0.110 e. The number of rotatable bonds is 4. The number of benzene rings is 1. The molecular formula is C14H18BrN3. The van der Waals surface area contributed by atoms with Gasteiger partial charge in [0, 0.05) is 30.5 Å². The van der Waals surface area contributed by atoms with Crippen molar-refractivity contribution in [1.29, 1.82) is 0 Å². The summed E-state index contributed by atoms with van der Waals surface area (Å²) in [6.45, 7) is 3.17. The summed E-state index contributed by atoms with van der Waals surface area (Å²) in [5.41, 5.74) is 3.61. The van der Waals surface area contributed by atoms with E-state index in [1.54, 1.807) is 0 Å². The zero-order valence-corrected chi connectivity index (χ0v) is 12.4. The molecule has 1 saturated carbocycles. The van der Waals surface area contributed by atoms with E-state index in [-0.39, 0.29) is 0 Å². The summed E-state index contributed by atoms with van der Waals surface area (Å²) < 4.78 is 3.33. The summed E-state index contributed by atoms with van der Waals surface area (Å²) >= 11 is 3.54. The van der Waals surface area contributed by atoms with Crippen LogP contribution in [0.1, 0.15) is 24.2 Å². The largest absolute Gasteiger partial charge is 0.331 e. The maximum atomic E-state index is 4.74. The van der Waals surface area contributed by atoms with Gasteiger partial charge in [0.1, 0.15) is 5.82 Å². The smallest absolute Gasteiger partial charge is 0.110 e. The van der Waals surface area contributed by atoms with Crippen molar-refractivity contribution in [3.05, 3.63) is 28.0 Å². The third-order valence-corrected chi connectivity index (χ3v) is 4.03. The van der Waals surface area contributed by atoms with E-state index in [2.05, 4.69) is 51.9 Å². The fourth-order valence-corrected chi connectivity index (χ4v) is 3.04. The second-order valence-electron chi connectivity index (χ2n) is 5.16. The van der Waals surface area contributed by atoms with E-state index < -0.39 is 0 Å². The fraction of sp³-hybridized carbons (Fsp3) is 0.500. The predicted octanol–water partition coefficient (Wildman–Crippen LogP) is 2.94. The normalized spacial score (nSPS) is 15.5. The highest BCUT2D eigenvalue weighted by atomic mass is 79.9. The summed E-state index contributed by atoms with van der Waals surface area (Å²) in [5, 5.41) is 3.54. The molecule has 0 spiro atoms. The Morgan fingerprint density at radius 1 is 1.44 bits per heavy atom. The van der Waals surface area contributed by atoms with Crippen LogP contribution in [0, 0.1) is 6.92 Å². The standard InChI is InChI=1S/C14H18BrN3/c1-9-7-10(15)8-12-14(9)18(2)13(17-12)5-6-16-11-3-4-11/h7-8,11,16H,3-6H2,1-2H3. The highest BCUT2D eigenvalue weighted by molar-refractivity contribution is 9.10. The predicted molar refractivity (Wildman–Crippen MR) is 77.9 cm³/mol. The molecule has 0 saturated heterocycles. The van der Waals surface area contributed by atoms with Crippen LogP contribution in [-0.2, 0) is 13.5 Å². The van der Waals surface area contributed by atoms with Gasteiger partial charge in [-0.25, -0.2) is 4.98 Å². The number of aromatic nitrogens is 2. The van der Waals surface area contributed by atoms with E-state index in [1.807, 2.05) is 0 Å². The van der Waals surface area contributed by atoms with Crippen LogP contribution in [0.15, 0.2) is 16.6 Å². The van der Waals surface area contributed by atoms with Gasteiger partial charge in [0.05, 0.1) is 11.0 Å². The van der Waals surface area contributed by atoms with Crippen LogP contribution >= 0.6 is 15.9 Å². The van der Waals surface area contributed by atoms with Gasteiger partial charge in [-0.05, 0) is 37.5 Å². The molecule has 4 heteroatoms. The Morgan fingerprint density at radius 2 is 2.22 bits per heavy atom. The van der Waals surface area contributed by atoms with Gasteiger partial charge in [-0.1, -0.05) is 15.9 Å². The monoisotopic (exact) mass is 307 g/mol. The van der Waals surface area contributed by atoms with E-state index >= 15 is 0 Å². The number of hydrogen-bond acceptors (Lipinski definition) is 2. The molecule has 0 unspecified atom stereocenters. The summed E-state index contributed by atoms with van der Waals surface area (Å²) in [6, 6.07) is 5.02. The molecule has 0 aliphatic heterocycles. The third-order valence-electron chi connectivity index (χ3n) is 3.58. The van der Waals surface area contributed by atoms with Crippen LogP contribution in [0.5, 0.6) is 0 Å². The summed E-state index contributed by atoms with van der Waals surface area (Å²) in [5.74, 6) is 1.17. The van der Waals surface area contributed by atoms with Crippen molar-refractivity contribution in [3.63, 3.8) is 0 Å². The van der Waals surface area contributed by atoms with Crippen LogP contribution in [0.25, 0.3) is 11.0 Å². The molecule has 3 nitrogen and oxygen atoms in total. The maximum absolute atomic E-state index is 4.74. The molecule has 1 aromatic carbocycles. The molecular weight excluding hydrogens is 290 g/mol. The highest BCUT2D eigenvalue weighted by Crippen LogP contribution is 2.24. The van der Waals surface area contributed by atoms with Crippen LogP contribution in [0.4, 0.5) is 0 Å². The molecule has 1 N–H and O–H groups in total. The van der Waals surface area contributed by atoms with E-state index in [1.165, 1.54) is 29.7 Å². The van der Waals surface area contributed by atoms with Gasteiger partial charge >= 0.3 is 0 Å². The van der Waals surface area contributed by atoms with Crippen molar-refractivity contribution in [3.8, 4) is 0 Å². The topological polar surface area (TPSA) is 29.9 Å². The fourth-order valence-electron chi connectivity index (χ4n) is 2.48. The van der Waals surface area contributed by atoms with Crippen molar-refractivity contribution >= 4 is 27.0 Å². The van der Waals surface area contributed by atoms with Gasteiger partial charge in [0.15, 0.2) is 0 Å². The summed E-state index contributed by atoms with van der Waals surface area (Å²) in [7, 11) is 2.11. The zero-order chi connectivity index (χ0) is 12.7. The molecule has 0 bridgehead atoms. The van der Waals surface area contributed by atoms with E-state index in [0.29, 0.717) is 0 Å². The first-order valence-electron chi connectivity index (χ1n) is 6.50. The lowest BCUT2D eigenvalue weighted by molar-refractivity contribution is 0.654. The molecule has 18 heavy (non-hydrogen) atoms. The summed E-state index contributed by atoms with van der Waals surface area (Å²) in [6.07, 6.45) is 3.68. The van der Waals surface area contributed by atoms with Crippen molar-refractivity contribution < 1.29 is 0 Å². The van der Waals surface area contributed by atoms with Gasteiger partial charge in [-0.15, -0.1) is 0 Å². The number of halogens is 1. The van der Waals surface area contributed by atoms with Gasteiger partial charge in [0.25, 0.3) is 0 Å². The van der Waals surface area contributed by atoms with E-state index in [4.69, 9.17) is 4.98 Å². The quantitative estimate of drug-likeness (QED) is 0.941. The first-order chi connectivity index (χ1) is 8.65. The molecule has 1 aliphatic carbocycles. The van der Waals surface area contributed by atoms with Crippen LogP contribution < -0.4 is 5.32 Å². The van der Waals surface area contributed by atoms with Gasteiger partial charge < -0.3 is 9.88 Å². The minimum Gasteiger partial charge on any atom is -0.331 e. The van der Waals surface area contributed by atoms with E-state index in [9.17, 15) is 0 Å². The minimum absolute atomic E-state index is 0.774. The third kappa shape index (κ3) is 2.31. The lowest BCUT2D eigenvalue weighted by Crippen LogP contribution is -2.20. The molecule has 1 aromatic heterocycles. The molecule has 1 heterocycles. The highest BCUT2D eigenvalue weighted by Gasteiger charge is 2.20. The van der Waals surface area contributed by atoms with Gasteiger partial charge in [-0.3, -0.25) is 0 Å². The Hall–Kier alpha value is -0.870. The zero-order valence-electron chi connectivity index (χ0n) is 10.8. The average Bonchev–Trinajstić information content (AvgIpc) is 3.05. The minimum atomic E-state index is 0.774. The van der Waals surface area contributed by atoms with Crippen LogP contribution in [-0.4, -0.2) is 22.1 Å². The molecule has 0 amide bonds. The lowest BCUT2D eigenvalue weighted by Gasteiger charge is -2.05.